The van der Waals surface area contributed by atoms with Crippen LogP contribution in [-0.4, -0.2) is 28.3 Å². The molecule has 1 amide bonds. The highest BCUT2D eigenvalue weighted by Gasteiger charge is 2.14. The minimum Gasteiger partial charge on any atom is -0.497 e. The molecular weight excluding hydrogens is 406 g/mol. The number of para-hydroxylation sites is 1. The number of aromatic nitrogens is 2. The Labute approximate surface area is 186 Å². The summed E-state index contributed by atoms with van der Waals surface area (Å²) in [5, 5.41) is 3.73. The van der Waals surface area contributed by atoms with Gasteiger partial charge < -0.3 is 10.1 Å². The Morgan fingerprint density at radius 3 is 2.42 bits per heavy atom. The largest absolute Gasteiger partial charge is 0.497 e. The maximum absolute atomic E-state index is 12.6. The summed E-state index contributed by atoms with van der Waals surface area (Å²) < 4.78 is 7.28. The van der Waals surface area contributed by atoms with Crippen LogP contribution in [0.3, 0.4) is 0 Å². The number of anilines is 1. The number of hydrogen-bond acceptors (Lipinski definition) is 4. The van der Waals surface area contributed by atoms with Gasteiger partial charge in [-0.15, -0.1) is 0 Å². The monoisotopic (exact) mass is 429 g/mol. The highest BCUT2D eigenvalue weighted by Crippen LogP contribution is 2.28. The number of aryl methyl sites for hydroxylation is 1. The number of methoxy groups -OCH3 is 1. The van der Waals surface area contributed by atoms with E-state index in [1.54, 1.807) is 7.11 Å². The Morgan fingerprint density at radius 2 is 1.71 bits per heavy atom. The first-order valence-corrected chi connectivity index (χ1v) is 10.9. The van der Waals surface area contributed by atoms with Crippen molar-refractivity contribution in [3.05, 3.63) is 90.6 Å². The molecule has 0 atom stereocenters. The third-order valence-electron chi connectivity index (χ3n) is 4.85. The van der Waals surface area contributed by atoms with E-state index in [0.717, 1.165) is 39.1 Å². The van der Waals surface area contributed by atoms with E-state index in [4.69, 9.17) is 9.72 Å². The second kappa shape index (κ2) is 9.53. The van der Waals surface area contributed by atoms with Gasteiger partial charge in [-0.1, -0.05) is 60.3 Å². The van der Waals surface area contributed by atoms with E-state index in [1.165, 1.54) is 11.8 Å². The number of rotatable bonds is 7. The minimum atomic E-state index is -0.0650. The molecule has 0 saturated heterocycles. The fourth-order valence-electron chi connectivity index (χ4n) is 3.17. The molecular formula is C25H23N3O2S. The Bertz CT molecular complexity index is 1170. The van der Waals surface area contributed by atoms with Crippen molar-refractivity contribution >= 4 is 23.4 Å². The number of amides is 1. The van der Waals surface area contributed by atoms with Crippen LogP contribution in [0.25, 0.3) is 16.9 Å². The first kappa shape index (κ1) is 20.8. The molecule has 156 valence electrons. The molecule has 0 spiro atoms. The standard InChI is InChI=1S/C25H23N3O2S/c1-18-8-6-7-11-22(18)26-24(29)17-31-25-27-23(19-9-4-3-5-10-19)16-28(25)20-12-14-21(30-2)15-13-20/h3-16H,17H2,1-2H3,(H,26,29). The van der Waals surface area contributed by atoms with E-state index >= 15 is 0 Å². The molecule has 1 heterocycles. The molecule has 5 nitrogen and oxygen atoms in total. The minimum absolute atomic E-state index is 0.0650. The third kappa shape index (κ3) is 4.98. The zero-order valence-corrected chi connectivity index (χ0v) is 18.2. The number of thioether (sulfide) groups is 1. The van der Waals surface area contributed by atoms with Gasteiger partial charge in [0.1, 0.15) is 5.75 Å². The van der Waals surface area contributed by atoms with Crippen LogP contribution in [0.4, 0.5) is 5.69 Å². The topological polar surface area (TPSA) is 56.2 Å². The van der Waals surface area contributed by atoms with Gasteiger partial charge in [-0.2, -0.15) is 0 Å². The van der Waals surface area contributed by atoms with Crippen LogP contribution in [0.5, 0.6) is 5.75 Å². The lowest BCUT2D eigenvalue weighted by molar-refractivity contribution is -0.113. The molecule has 0 unspecified atom stereocenters. The van der Waals surface area contributed by atoms with E-state index in [2.05, 4.69) is 5.32 Å². The van der Waals surface area contributed by atoms with Crippen LogP contribution in [-0.2, 0) is 4.79 Å². The van der Waals surface area contributed by atoms with Crippen LogP contribution < -0.4 is 10.1 Å². The molecule has 0 saturated carbocycles. The van der Waals surface area contributed by atoms with Gasteiger partial charge in [0.25, 0.3) is 0 Å². The molecule has 0 aliphatic rings. The van der Waals surface area contributed by atoms with Gasteiger partial charge in [0.2, 0.25) is 5.91 Å². The van der Waals surface area contributed by atoms with Crippen molar-refractivity contribution in [2.75, 3.05) is 18.2 Å². The number of carbonyl (C=O) groups excluding carboxylic acids is 1. The Kier molecular flexibility index (Phi) is 6.38. The molecule has 0 fully saturated rings. The number of ether oxygens (including phenoxy) is 1. The Hall–Kier alpha value is -3.51. The number of imidazole rings is 1. The van der Waals surface area contributed by atoms with E-state index in [-0.39, 0.29) is 11.7 Å². The molecule has 1 aromatic heterocycles. The normalized spacial score (nSPS) is 10.6. The summed E-state index contributed by atoms with van der Waals surface area (Å²) in [7, 11) is 1.65. The SMILES string of the molecule is COc1ccc(-n2cc(-c3ccccc3)nc2SCC(=O)Nc2ccccc2C)cc1. The summed E-state index contributed by atoms with van der Waals surface area (Å²) in [6.45, 7) is 1.98. The lowest BCUT2D eigenvalue weighted by Gasteiger charge is -2.09. The van der Waals surface area contributed by atoms with Gasteiger partial charge in [0.05, 0.1) is 18.6 Å². The van der Waals surface area contributed by atoms with E-state index in [0.29, 0.717) is 0 Å². The molecule has 0 bridgehead atoms. The molecule has 0 radical (unpaired) electrons. The number of carbonyl (C=O) groups is 1. The first-order chi connectivity index (χ1) is 15.1. The summed E-state index contributed by atoms with van der Waals surface area (Å²) in [5.41, 5.74) is 4.71. The lowest BCUT2D eigenvalue weighted by atomic mass is 10.2. The molecule has 6 heteroatoms. The highest BCUT2D eigenvalue weighted by atomic mass is 32.2. The molecule has 31 heavy (non-hydrogen) atoms. The fourth-order valence-corrected chi connectivity index (χ4v) is 3.96. The van der Waals surface area contributed by atoms with Crippen LogP contribution in [0, 0.1) is 6.92 Å². The zero-order chi connectivity index (χ0) is 21.6. The quantitative estimate of drug-likeness (QED) is 0.389. The molecule has 4 aromatic rings. The number of nitrogens with one attached hydrogen (secondary N) is 1. The number of benzene rings is 3. The maximum atomic E-state index is 12.6. The van der Waals surface area contributed by atoms with E-state index in [1.807, 2.05) is 96.6 Å². The van der Waals surface area contributed by atoms with E-state index < -0.39 is 0 Å². The van der Waals surface area contributed by atoms with Crippen LogP contribution in [0.2, 0.25) is 0 Å². The second-order valence-electron chi connectivity index (χ2n) is 6.99. The summed E-state index contributed by atoms with van der Waals surface area (Å²) >= 11 is 1.41. The smallest absolute Gasteiger partial charge is 0.234 e. The molecule has 1 N–H and O–H groups in total. The van der Waals surface area contributed by atoms with Crippen LogP contribution in [0.15, 0.2) is 90.2 Å². The lowest BCUT2D eigenvalue weighted by Crippen LogP contribution is -2.15. The van der Waals surface area contributed by atoms with Crippen molar-refractivity contribution in [2.24, 2.45) is 0 Å². The summed E-state index contributed by atoms with van der Waals surface area (Å²) in [6.07, 6.45) is 2.00. The zero-order valence-electron chi connectivity index (χ0n) is 17.4. The van der Waals surface area contributed by atoms with Crippen molar-refractivity contribution in [1.29, 1.82) is 0 Å². The van der Waals surface area contributed by atoms with Crippen molar-refractivity contribution in [1.82, 2.24) is 9.55 Å². The van der Waals surface area contributed by atoms with Crippen molar-refractivity contribution in [3.8, 4) is 22.7 Å². The third-order valence-corrected chi connectivity index (χ3v) is 5.80. The van der Waals surface area contributed by atoms with Gasteiger partial charge in [0, 0.05) is 23.1 Å². The van der Waals surface area contributed by atoms with E-state index in [9.17, 15) is 4.79 Å². The predicted octanol–water partition coefficient (Wildman–Crippen LogP) is 5.59. The Balaban J connectivity index is 1.58. The van der Waals surface area contributed by atoms with Gasteiger partial charge in [-0.05, 0) is 42.8 Å². The molecule has 0 aliphatic heterocycles. The predicted molar refractivity (Wildman–Crippen MR) is 126 cm³/mol. The van der Waals surface area contributed by atoms with Gasteiger partial charge in [-0.25, -0.2) is 4.98 Å². The van der Waals surface area contributed by atoms with Gasteiger partial charge in [0.15, 0.2) is 5.16 Å². The average Bonchev–Trinajstić information content (AvgIpc) is 3.24. The molecule has 3 aromatic carbocycles. The molecule has 0 aliphatic carbocycles. The number of hydrogen-bond donors (Lipinski definition) is 1. The summed E-state index contributed by atoms with van der Waals surface area (Å²) in [4.78, 5) is 17.4. The van der Waals surface area contributed by atoms with Crippen molar-refractivity contribution in [2.45, 2.75) is 12.1 Å². The summed E-state index contributed by atoms with van der Waals surface area (Å²) in [6, 6.07) is 25.6. The maximum Gasteiger partial charge on any atom is 0.234 e. The van der Waals surface area contributed by atoms with Gasteiger partial charge >= 0.3 is 0 Å². The van der Waals surface area contributed by atoms with Crippen LogP contribution >= 0.6 is 11.8 Å². The van der Waals surface area contributed by atoms with Crippen molar-refractivity contribution < 1.29 is 9.53 Å². The second-order valence-corrected chi connectivity index (χ2v) is 7.94. The van der Waals surface area contributed by atoms with Crippen LogP contribution in [0.1, 0.15) is 5.56 Å². The van der Waals surface area contributed by atoms with Crippen molar-refractivity contribution in [3.63, 3.8) is 0 Å². The van der Waals surface area contributed by atoms with Gasteiger partial charge in [-0.3, -0.25) is 9.36 Å². The Morgan fingerprint density at radius 1 is 1.00 bits per heavy atom. The highest BCUT2D eigenvalue weighted by molar-refractivity contribution is 7.99. The average molecular weight is 430 g/mol. The summed E-state index contributed by atoms with van der Waals surface area (Å²) in [5.74, 6) is 0.985. The first-order valence-electron chi connectivity index (χ1n) is 9.91. The fraction of sp³-hybridized carbons (Fsp3) is 0.120. The number of nitrogens with zero attached hydrogens (tertiary/aromatic N) is 2. The molecule has 4 rings (SSSR count).